The topological polar surface area (TPSA) is 48.2 Å². The number of methoxy groups -OCH3 is 1. The van der Waals surface area contributed by atoms with Crippen molar-refractivity contribution in [1.29, 1.82) is 0 Å². The molecule has 0 aromatic carbocycles. The first-order valence-electron chi connectivity index (χ1n) is 6.24. The predicted molar refractivity (Wildman–Crippen MR) is 68.3 cm³/mol. The number of ether oxygens (including phenoxy) is 1. The fourth-order valence-corrected chi connectivity index (χ4v) is 1.70. The summed E-state index contributed by atoms with van der Waals surface area (Å²) in [7, 11) is 1.70. The Hall–Kier alpha value is -1.07. The monoisotopic (exact) mass is 241 g/mol. The SMILES string of the molecule is CCn1ccn(CCCCNCCOC)c1=O. The molecule has 1 heterocycles. The number of aryl methyl sites for hydroxylation is 2. The minimum absolute atomic E-state index is 0.0971. The molecular weight excluding hydrogens is 218 g/mol. The van der Waals surface area contributed by atoms with Crippen molar-refractivity contribution in [3.05, 3.63) is 22.9 Å². The van der Waals surface area contributed by atoms with Crippen LogP contribution in [-0.2, 0) is 17.8 Å². The minimum atomic E-state index is 0.0971. The van der Waals surface area contributed by atoms with E-state index in [0.29, 0.717) is 0 Å². The van der Waals surface area contributed by atoms with E-state index in [-0.39, 0.29) is 5.69 Å². The van der Waals surface area contributed by atoms with Gasteiger partial charge in [-0.05, 0) is 26.3 Å². The van der Waals surface area contributed by atoms with E-state index in [9.17, 15) is 4.79 Å². The molecule has 1 aromatic heterocycles. The molecule has 5 heteroatoms. The van der Waals surface area contributed by atoms with Crippen LogP contribution in [0.2, 0.25) is 0 Å². The van der Waals surface area contributed by atoms with Gasteiger partial charge in [0.05, 0.1) is 6.61 Å². The summed E-state index contributed by atoms with van der Waals surface area (Å²) in [5.41, 5.74) is 0.0971. The van der Waals surface area contributed by atoms with Gasteiger partial charge in [-0.2, -0.15) is 0 Å². The van der Waals surface area contributed by atoms with Crippen LogP contribution in [0.15, 0.2) is 17.2 Å². The first-order chi connectivity index (χ1) is 8.29. The molecule has 0 aliphatic rings. The fraction of sp³-hybridized carbons (Fsp3) is 0.750. The normalized spacial score (nSPS) is 10.9. The third kappa shape index (κ3) is 4.75. The maximum Gasteiger partial charge on any atom is 0.328 e. The van der Waals surface area contributed by atoms with Crippen LogP contribution in [0.3, 0.4) is 0 Å². The largest absolute Gasteiger partial charge is 0.383 e. The lowest BCUT2D eigenvalue weighted by atomic mass is 10.3. The van der Waals surface area contributed by atoms with Gasteiger partial charge in [-0.3, -0.25) is 9.13 Å². The van der Waals surface area contributed by atoms with Crippen LogP contribution in [0.1, 0.15) is 19.8 Å². The number of hydrogen-bond donors (Lipinski definition) is 1. The zero-order valence-corrected chi connectivity index (χ0v) is 10.8. The van der Waals surface area contributed by atoms with Gasteiger partial charge in [0.25, 0.3) is 0 Å². The molecule has 0 amide bonds. The number of nitrogens with one attached hydrogen (secondary N) is 1. The van der Waals surface area contributed by atoms with E-state index < -0.39 is 0 Å². The summed E-state index contributed by atoms with van der Waals surface area (Å²) < 4.78 is 8.43. The number of rotatable bonds is 9. The second kappa shape index (κ2) is 8.08. The third-order valence-corrected chi connectivity index (χ3v) is 2.74. The predicted octanol–water partition coefficient (Wildman–Crippen LogP) is 0.686. The van der Waals surface area contributed by atoms with Gasteiger partial charge in [0.1, 0.15) is 0 Å². The molecule has 0 atom stereocenters. The molecule has 0 bridgehead atoms. The Bertz CT molecular complexity index is 357. The average molecular weight is 241 g/mol. The molecule has 0 aliphatic heterocycles. The molecule has 0 aliphatic carbocycles. The van der Waals surface area contributed by atoms with Crippen molar-refractivity contribution in [2.75, 3.05) is 26.8 Å². The molecule has 17 heavy (non-hydrogen) atoms. The second-order valence-electron chi connectivity index (χ2n) is 4.01. The van der Waals surface area contributed by atoms with Gasteiger partial charge < -0.3 is 10.1 Å². The van der Waals surface area contributed by atoms with Crippen molar-refractivity contribution < 1.29 is 4.74 Å². The van der Waals surface area contributed by atoms with Crippen LogP contribution < -0.4 is 11.0 Å². The van der Waals surface area contributed by atoms with Gasteiger partial charge in [0.2, 0.25) is 0 Å². The van der Waals surface area contributed by atoms with Crippen LogP contribution in [0, 0.1) is 0 Å². The lowest BCUT2D eigenvalue weighted by Gasteiger charge is -2.04. The average Bonchev–Trinajstić information content (AvgIpc) is 2.69. The Morgan fingerprint density at radius 1 is 1.24 bits per heavy atom. The first-order valence-corrected chi connectivity index (χ1v) is 6.24. The fourth-order valence-electron chi connectivity index (χ4n) is 1.70. The number of hydrogen-bond acceptors (Lipinski definition) is 3. The number of nitrogens with zero attached hydrogens (tertiary/aromatic N) is 2. The van der Waals surface area contributed by atoms with Gasteiger partial charge >= 0.3 is 5.69 Å². The first kappa shape index (κ1) is 14.0. The Morgan fingerprint density at radius 3 is 2.65 bits per heavy atom. The smallest absolute Gasteiger partial charge is 0.328 e. The van der Waals surface area contributed by atoms with Crippen molar-refractivity contribution in [3.63, 3.8) is 0 Å². The van der Waals surface area contributed by atoms with Crippen molar-refractivity contribution in [3.8, 4) is 0 Å². The van der Waals surface area contributed by atoms with E-state index in [2.05, 4.69) is 5.32 Å². The molecule has 5 nitrogen and oxygen atoms in total. The number of unbranched alkanes of at least 4 members (excludes halogenated alkanes) is 1. The summed E-state index contributed by atoms with van der Waals surface area (Å²) in [6, 6.07) is 0. The molecule has 98 valence electrons. The van der Waals surface area contributed by atoms with Crippen molar-refractivity contribution >= 4 is 0 Å². The van der Waals surface area contributed by atoms with Crippen molar-refractivity contribution in [2.24, 2.45) is 0 Å². The maximum atomic E-state index is 11.7. The van der Waals surface area contributed by atoms with Crippen LogP contribution in [0.25, 0.3) is 0 Å². The summed E-state index contributed by atoms with van der Waals surface area (Å²) in [6.45, 7) is 6.14. The van der Waals surface area contributed by atoms with Crippen LogP contribution in [0.5, 0.6) is 0 Å². The zero-order chi connectivity index (χ0) is 12.5. The van der Waals surface area contributed by atoms with E-state index in [1.54, 1.807) is 16.2 Å². The van der Waals surface area contributed by atoms with Crippen molar-refractivity contribution in [2.45, 2.75) is 32.9 Å². The summed E-state index contributed by atoms with van der Waals surface area (Å²) in [5.74, 6) is 0. The van der Waals surface area contributed by atoms with Gasteiger partial charge in [-0.15, -0.1) is 0 Å². The molecule has 0 radical (unpaired) electrons. The summed E-state index contributed by atoms with van der Waals surface area (Å²) in [4.78, 5) is 11.7. The molecule has 1 rings (SSSR count). The van der Waals surface area contributed by atoms with Gasteiger partial charge in [-0.25, -0.2) is 4.79 Å². The molecule has 1 N–H and O–H groups in total. The lowest BCUT2D eigenvalue weighted by Crippen LogP contribution is -2.24. The Balaban J connectivity index is 2.14. The highest BCUT2D eigenvalue weighted by molar-refractivity contribution is 4.80. The Morgan fingerprint density at radius 2 is 2.00 bits per heavy atom. The number of aromatic nitrogens is 2. The van der Waals surface area contributed by atoms with Gasteiger partial charge in [0, 0.05) is 39.1 Å². The molecule has 0 unspecified atom stereocenters. The summed E-state index contributed by atoms with van der Waals surface area (Å²) in [5, 5.41) is 3.29. The van der Waals surface area contributed by atoms with E-state index >= 15 is 0 Å². The molecule has 0 spiro atoms. The highest BCUT2D eigenvalue weighted by Gasteiger charge is 2.00. The van der Waals surface area contributed by atoms with E-state index in [1.807, 2.05) is 19.3 Å². The summed E-state index contributed by atoms with van der Waals surface area (Å²) in [6.07, 6.45) is 5.81. The van der Waals surface area contributed by atoms with Crippen LogP contribution in [0.4, 0.5) is 0 Å². The standard InChI is InChI=1S/C12H23N3O2/c1-3-14-9-10-15(12(14)16)8-5-4-6-13-7-11-17-2/h9-10,13H,3-8,11H2,1-2H3. The third-order valence-electron chi connectivity index (χ3n) is 2.74. The van der Waals surface area contributed by atoms with Gasteiger partial charge in [0.15, 0.2) is 0 Å². The molecule has 1 aromatic rings. The maximum absolute atomic E-state index is 11.7. The quantitative estimate of drug-likeness (QED) is 0.647. The molecule has 0 saturated carbocycles. The van der Waals surface area contributed by atoms with Gasteiger partial charge in [-0.1, -0.05) is 0 Å². The van der Waals surface area contributed by atoms with E-state index in [1.165, 1.54) is 0 Å². The number of imidazole rings is 1. The molecule has 0 fully saturated rings. The summed E-state index contributed by atoms with van der Waals surface area (Å²) >= 11 is 0. The Labute approximate surface area is 102 Å². The van der Waals surface area contributed by atoms with Crippen molar-refractivity contribution in [1.82, 2.24) is 14.5 Å². The van der Waals surface area contributed by atoms with Crippen LogP contribution >= 0.6 is 0 Å². The Kier molecular flexibility index (Phi) is 6.65. The minimum Gasteiger partial charge on any atom is -0.383 e. The van der Waals surface area contributed by atoms with E-state index in [4.69, 9.17) is 4.74 Å². The molecule has 0 saturated heterocycles. The molecular formula is C12H23N3O2. The lowest BCUT2D eigenvalue weighted by molar-refractivity contribution is 0.199. The van der Waals surface area contributed by atoms with Crippen LogP contribution in [-0.4, -0.2) is 35.9 Å². The highest BCUT2D eigenvalue weighted by atomic mass is 16.5. The second-order valence-corrected chi connectivity index (χ2v) is 4.01. The van der Waals surface area contributed by atoms with E-state index in [0.717, 1.165) is 45.6 Å². The zero-order valence-electron chi connectivity index (χ0n) is 10.8. The highest BCUT2D eigenvalue weighted by Crippen LogP contribution is 1.93.